The fraction of sp³-hybridized carbons (Fsp3) is 0.286. The van der Waals surface area contributed by atoms with E-state index in [1.54, 1.807) is 6.92 Å². The van der Waals surface area contributed by atoms with Crippen molar-refractivity contribution in [2.45, 2.75) is 34.6 Å². The monoisotopic (exact) mass is 446 g/mol. The topological polar surface area (TPSA) is 63.8 Å². The van der Waals surface area contributed by atoms with Crippen molar-refractivity contribution >= 4 is 22.6 Å². The van der Waals surface area contributed by atoms with Gasteiger partial charge in [0.25, 0.3) is 0 Å². The predicted octanol–water partition coefficient (Wildman–Crippen LogP) is 6.35. The molecule has 0 radical (unpaired) electrons. The number of aryl methyl sites for hydroxylation is 2. The molecule has 4 rings (SSSR count). The largest absolute Gasteiger partial charge is 0.462 e. The first-order valence-electron chi connectivity index (χ1n) is 13.2. The van der Waals surface area contributed by atoms with Crippen LogP contribution in [-0.2, 0) is 4.74 Å². The van der Waals surface area contributed by atoms with Gasteiger partial charge >= 0.3 is 5.97 Å². The van der Waals surface area contributed by atoms with E-state index in [1.807, 2.05) is 52.0 Å². The number of hydrogen-bond donors (Lipinski definition) is 1. The van der Waals surface area contributed by atoms with Gasteiger partial charge in [-0.15, -0.1) is 0 Å². The lowest BCUT2D eigenvalue weighted by atomic mass is 9.89. The summed E-state index contributed by atoms with van der Waals surface area (Å²) in [6, 6.07) is 5.86. The molecule has 0 unspecified atom stereocenters. The SMILES string of the molecule is [2H]c1c([2H])c([2H])c(-c2c3cc(C)c(=NCC)cc-3oc3cc(NCC)c(C)cc23)c(C(=O)OCC)c1[2H]. The second kappa shape index (κ2) is 9.49. The summed E-state index contributed by atoms with van der Waals surface area (Å²) in [6.45, 7) is 10.9. The lowest BCUT2D eigenvalue weighted by molar-refractivity contribution is 0.0527. The third kappa shape index (κ3) is 4.23. The highest BCUT2D eigenvalue weighted by Gasteiger charge is 2.23. The van der Waals surface area contributed by atoms with E-state index in [1.165, 1.54) is 0 Å². The van der Waals surface area contributed by atoms with Crippen molar-refractivity contribution in [2.75, 3.05) is 25.0 Å². The molecule has 5 nitrogen and oxygen atoms in total. The van der Waals surface area contributed by atoms with Crippen molar-refractivity contribution < 1.29 is 19.4 Å². The summed E-state index contributed by atoms with van der Waals surface area (Å²) in [4.78, 5) is 17.7. The smallest absolute Gasteiger partial charge is 0.338 e. The minimum absolute atomic E-state index is 0.0682. The van der Waals surface area contributed by atoms with Crippen LogP contribution in [0.25, 0.3) is 33.4 Å². The Bertz CT molecular complexity index is 1580. The molecule has 0 fully saturated rings. The molecular weight excluding hydrogens is 412 g/mol. The number of fused-ring (bicyclic) bond motifs is 2. The summed E-state index contributed by atoms with van der Waals surface area (Å²) < 4.78 is 45.6. The van der Waals surface area contributed by atoms with Gasteiger partial charge in [-0.2, -0.15) is 0 Å². The second-order valence-corrected chi connectivity index (χ2v) is 7.75. The van der Waals surface area contributed by atoms with Crippen LogP contribution < -0.4 is 10.7 Å². The fourth-order valence-corrected chi connectivity index (χ4v) is 4.04. The molecule has 0 saturated heterocycles. The molecule has 0 atom stereocenters. The highest BCUT2D eigenvalue weighted by atomic mass is 16.5. The van der Waals surface area contributed by atoms with Gasteiger partial charge in [0.1, 0.15) is 11.3 Å². The van der Waals surface area contributed by atoms with Crippen molar-refractivity contribution in [3.05, 3.63) is 70.5 Å². The molecule has 0 spiro atoms. The van der Waals surface area contributed by atoms with Gasteiger partial charge in [-0.25, -0.2) is 4.79 Å². The molecule has 1 heterocycles. The lowest BCUT2D eigenvalue weighted by Gasteiger charge is -2.19. The minimum atomic E-state index is -0.804. The van der Waals surface area contributed by atoms with E-state index in [-0.39, 0.29) is 23.8 Å². The van der Waals surface area contributed by atoms with Crippen LogP contribution in [0, 0.1) is 13.8 Å². The Hall–Kier alpha value is -3.60. The van der Waals surface area contributed by atoms with Gasteiger partial charge in [-0.05, 0) is 69.5 Å². The average Bonchev–Trinajstić information content (AvgIpc) is 2.86. The molecule has 0 amide bonds. The lowest BCUT2D eigenvalue weighted by Crippen LogP contribution is -2.10. The van der Waals surface area contributed by atoms with E-state index in [4.69, 9.17) is 14.6 Å². The van der Waals surface area contributed by atoms with Crippen molar-refractivity contribution in [3.63, 3.8) is 0 Å². The first-order chi connectivity index (χ1) is 17.6. The standard InChI is InChI=1S/C28H30N2O3/c1-6-29-23-15-25-21(13-17(23)4)27(19-11-9-10-12-20(19)28(31)32-8-3)22-14-18(5)24(30-7-2)16-26(22)33-25/h9-16,29H,6-8H2,1-5H3/i9D,10D,11D,12D. The van der Waals surface area contributed by atoms with Crippen molar-refractivity contribution in [2.24, 2.45) is 4.99 Å². The van der Waals surface area contributed by atoms with Crippen LogP contribution in [0.1, 0.15) is 47.7 Å². The molecule has 0 aromatic heterocycles. The van der Waals surface area contributed by atoms with Crippen LogP contribution in [-0.4, -0.2) is 25.7 Å². The Morgan fingerprint density at radius 1 is 1.06 bits per heavy atom. The first-order valence-corrected chi connectivity index (χ1v) is 11.2. The summed E-state index contributed by atoms with van der Waals surface area (Å²) in [5.74, 6) is -0.310. The molecular formula is C28H30N2O3. The number of benzene rings is 3. The number of carbonyl (C=O) groups excluding carboxylic acids is 1. The van der Waals surface area contributed by atoms with E-state index in [0.717, 1.165) is 22.2 Å². The molecule has 1 N–H and O–H groups in total. The second-order valence-electron chi connectivity index (χ2n) is 7.75. The summed E-state index contributed by atoms with van der Waals surface area (Å²) >= 11 is 0. The number of anilines is 1. The molecule has 1 aliphatic carbocycles. The van der Waals surface area contributed by atoms with Crippen LogP contribution in [0.15, 0.2) is 57.8 Å². The summed E-state index contributed by atoms with van der Waals surface area (Å²) in [7, 11) is 0. The highest BCUT2D eigenvalue weighted by molar-refractivity contribution is 6.08. The van der Waals surface area contributed by atoms with Crippen molar-refractivity contribution in [1.29, 1.82) is 0 Å². The van der Waals surface area contributed by atoms with Gasteiger partial charge in [-0.1, -0.05) is 18.1 Å². The summed E-state index contributed by atoms with van der Waals surface area (Å²) in [6.07, 6.45) is 0. The van der Waals surface area contributed by atoms with E-state index in [2.05, 4.69) is 10.3 Å². The van der Waals surface area contributed by atoms with Crippen LogP contribution in [0.4, 0.5) is 5.69 Å². The third-order valence-electron chi connectivity index (χ3n) is 5.50. The van der Waals surface area contributed by atoms with Gasteiger partial charge in [0.05, 0.1) is 23.0 Å². The predicted molar refractivity (Wildman–Crippen MR) is 134 cm³/mol. The fourth-order valence-electron chi connectivity index (χ4n) is 4.04. The molecule has 1 aliphatic heterocycles. The van der Waals surface area contributed by atoms with Gasteiger partial charge in [0.2, 0.25) is 0 Å². The van der Waals surface area contributed by atoms with Crippen LogP contribution >= 0.6 is 0 Å². The highest BCUT2D eigenvalue weighted by Crippen LogP contribution is 2.43. The average molecular weight is 447 g/mol. The molecule has 2 aliphatic rings. The number of nitrogens with zero attached hydrogens (tertiary/aromatic N) is 1. The van der Waals surface area contributed by atoms with Crippen LogP contribution in [0.3, 0.4) is 0 Å². The maximum Gasteiger partial charge on any atom is 0.338 e. The summed E-state index contributed by atoms with van der Waals surface area (Å²) in [5.41, 5.74) is 4.20. The normalized spacial score (nSPS) is 13.5. The van der Waals surface area contributed by atoms with Gasteiger partial charge in [0, 0.05) is 47.4 Å². The third-order valence-corrected chi connectivity index (χ3v) is 5.50. The van der Waals surface area contributed by atoms with Crippen LogP contribution in [0.5, 0.6) is 0 Å². The number of nitrogens with one attached hydrogen (secondary N) is 1. The zero-order valence-electron chi connectivity index (χ0n) is 23.6. The molecule has 2 aromatic rings. The van der Waals surface area contributed by atoms with E-state index in [9.17, 15) is 4.79 Å². The van der Waals surface area contributed by atoms with Gasteiger partial charge in [-0.3, -0.25) is 4.99 Å². The Balaban J connectivity index is 2.29. The van der Waals surface area contributed by atoms with E-state index < -0.39 is 24.1 Å². The van der Waals surface area contributed by atoms with Crippen LogP contribution in [0.2, 0.25) is 0 Å². The van der Waals surface area contributed by atoms with Crippen molar-refractivity contribution in [1.82, 2.24) is 0 Å². The maximum absolute atomic E-state index is 13.1. The van der Waals surface area contributed by atoms with Gasteiger partial charge in [0.15, 0.2) is 0 Å². The zero-order valence-corrected chi connectivity index (χ0v) is 19.6. The van der Waals surface area contributed by atoms with E-state index >= 15 is 0 Å². The molecule has 0 bridgehead atoms. The Morgan fingerprint density at radius 2 is 1.85 bits per heavy atom. The Labute approximate surface area is 200 Å². The molecule has 0 saturated carbocycles. The summed E-state index contributed by atoms with van der Waals surface area (Å²) in [5, 5.41) is 4.72. The number of carbonyl (C=O) groups is 1. The molecule has 170 valence electrons. The number of esters is 1. The minimum Gasteiger partial charge on any atom is -0.462 e. The molecule has 33 heavy (non-hydrogen) atoms. The maximum atomic E-state index is 13.1. The molecule has 2 aromatic carbocycles. The zero-order chi connectivity index (χ0) is 27.0. The van der Waals surface area contributed by atoms with Crippen molar-refractivity contribution in [3.8, 4) is 22.5 Å². The van der Waals surface area contributed by atoms with E-state index in [0.29, 0.717) is 40.9 Å². The first kappa shape index (κ1) is 17.9. The van der Waals surface area contributed by atoms with Gasteiger partial charge < -0.3 is 14.5 Å². The number of ether oxygens (including phenoxy) is 1. The quantitative estimate of drug-likeness (QED) is 0.277. The number of hydrogen-bond acceptors (Lipinski definition) is 5. The number of rotatable bonds is 6. The Morgan fingerprint density at radius 3 is 2.58 bits per heavy atom. The molecule has 5 heteroatoms. The Kier molecular flexibility index (Phi) is 5.15.